The molecule has 0 aliphatic rings. The molecule has 0 bridgehead atoms. The van der Waals surface area contributed by atoms with Gasteiger partial charge in [0, 0.05) is 43.0 Å². The molecular formula is C19H15N5O2S. The van der Waals surface area contributed by atoms with Crippen LogP contribution < -0.4 is 5.32 Å². The van der Waals surface area contributed by atoms with E-state index in [4.69, 9.17) is 0 Å². The molecule has 0 fully saturated rings. The topological polar surface area (TPSA) is 101 Å². The van der Waals surface area contributed by atoms with Crippen LogP contribution in [-0.4, -0.2) is 31.9 Å². The van der Waals surface area contributed by atoms with Gasteiger partial charge in [-0.15, -0.1) is 11.3 Å². The molecule has 0 atom stereocenters. The van der Waals surface area contributed by atoms with E-state index < -0.39 is 0 Å². The van der Waals surface area contributed by atoms with E-state index in [2.05, 4.69) is 25.5 Å². The van der Waals surface area contributed by atoms with Crippen LogP contribution in [-0.2, 0) is 6.54 Å². The van der Waals surface area contributed by atoms with Gasteiger partial charge >= 0.3 is 0 Å². The maximum Gasteiger partial charge on any atom is 0.251 e. The summed E-state index contributed by atoms with van der Waals surface area (Å²) in [5.74, 6) is -0.217. The molecule has 0 spiro atoms. The van der Waals surface area contributed by atoms with Crippen LogP contribution in [0.1, 0.15) is 32.5 Å². The average Bonchev–Trinajstić information content (AvgIpc) is 3.33. The molecule has 27 heavy (non-hydrogen) atoms. The number of nitrogens with one attached hydrogen (secondary N) is 2. The number of carbonyl (C=O) groups excluding carboxylic acids is 2. The van der Waals surface area contributed by atoms with E-state index in [1.807, 2.05) is 18.2 Å². The third-order valence-electron chi connectivity index (χ3n) is 4.06. The fourth-order valence-corrected chi connectivity index (χ4v) is 3.47. The fraction of sp³-hybridized carbons (Fsp3) is 0.105. The Morgan fingerprint density at radius 1 is 1.22 bits per heavy atom. The monoisotopic (exact) mass is 377 g/mol. The predicted octanol–water partition coefficient (Wildman–Crippen LogP) is 3.21. The van der Waals surface area contributed by atoms with E-state index in [0.29, 0.717) is 27.7 Å². The quantitative estimate of drug-likeness (QED) is 0.520. The van der Waals surface area contributed by atoms with Gasteiger partial charge in [-0.1, -0.05) is 6.07 Å². The number of pyridine rings is 1. The molecule has 0 radical (unpaired) electrons. The number of aromatic nitrogens is 4. The number of nitrogens with zero attached hydrogens (tertiary/aromatic N) is 3. The zero-order valence-corrected chi connectivity index (χ0v) is 15.2. The summed E-state index contributed by atoms with van der Waals surface area (Å²) in [6, 6.07) is 9.06. The molecule has 0 unspecified atom stereocenters. The number of amides is 1. The molecule has 0 aliphatic heterocycles. The molecule has 1 amide bonds. The number of fused-ring (bicyclic) bond motifs is 1. The molecule has 1 aromatic carbocycles. The molecule has 3 aromatic heterocycles. The van der Waals surface area contributed by atoms with Crippen molar-refractivity contribution in [1.82, 2.24) is 25.5 Å². The number of thiazole rings is 1. The first-order valence-electron chi connectivity index (χ1n) is 8.24. The lowest BCUT2D eigenvalue weighted by Gasteiger charge is -2.05. The Hall–Kier alpha value is -3.39. The van der Waals surface area contributed by atoms with Crippen LogP contribution in [0.5, 0.6) is 0 Å². The van der Waals surface area contributed by atoms with Gasteiger partial charge in [0.25, 0.3) is 5.91 Å². The summed E-state index contributed by atoms with van der Waals surface area (Å²) in [7, 11) is 0. The number of H-pyrrole nitrogens is 1. The van der Waals surface area contributed by atoms with E-state index >= 15 is 0 Å². The van der Waals surface area contributed by atoms with Crippen molar-refractivity contribution in [3.8, 4) is 10.7 Å². The van der Waals surface area contributed by atoms with Gasteiger partial charge in [0.05, 0.1) is 10.4 Å². The minimum absolute atomic E-state index is 0.0333. The smallest absolute Gasteiger partial charge is 0.251 e. The minimum atomic E-state index is -0.184. The molecule has 3 heterocycles. The maximum absolute atomic E-state index is 12.5. The lowest BCUT2D eigenvalue weighted by molar-refractivity contribution is 0.0950. The molecule has 134 valence electrons. The Morgan fingerprint density at radius 2 is 2.11 bits per heavy atom. The Balaban J connectivity index is 1.61. The number of carbonyl (C=O) groups is 2. The average molecular weight is 377 g/mol. The zero-order valence-electron chi connectivity index (χ0n) is 14.4. The Bertz CT molecular complexity index is 1130. The second kappa shape index (κ2) is 7.08. The summed E-state index contributed by atoms with van der Waals surface area (Å²) in [4.78, 5) is 32.9. The van der Waals surface area contributed by atoms with Crippen molar-refractivity contribution in [2.75, 3.05) is 0 Å². The highest BCUT2D eigenvalue weighted by Crippen LogP contribution is 2.30. The zero-order chi connectivity index (χ0) is 18.8. The van der Waals surface area contributed by atoms with Crippen LogP contribution in [0.25, 0.3) is 21.6 Å². The van der Waals surface area contributed by atoms with Crippen molar-refractivity contribution in [2.24, 2.45) is 0 Å². The third-order valence-corrected chi connectivity index (χ3v) is 5.16. The molecule has 0 saturated heterocycles. The number of hydrogen-bond donors (Lipinski definition) is 2. The van der Waals surface area contributed by atoms with Crippen LogP contribution in [0.2, 0.25) is 0 Å². The first kappa shape index (κ1) is 17.0. The second-order valence-corrected chi connectivity index (χ2v) is 6.99. The first-order chi connectivity index (χ1) is 13.1. The van der Waals surface area contributed by atoms with Gasteiger partial charge in [0.1, 0.15) is 10.7 Å². The van der Waals surface area contributed by atoms with Crippen molar-refractivity contribution in [3.63, 3.8) is 0 Å². The van der Waals surface area contributed by atoms with E-state index in [1.54, 1.807) is 30.7 Å². The number of Topliss-reactive ketones (excluding diaryl/α,β-unsaturated/α-hetero) is 1. The van der Waals surface area contributed by atoms with Crippen LogP contribution in [0.3, 0.4) is 0 Å². The van der Waals surface area contributed by atoms with Gasteiger partial charge in [0.15, 0.2) is 5.78 Å². The van der Waals surface area contributed by atoms with Crippen LogP contribution in [0.4, 0.5) is 0 Å². The van der Waals surface area contributed by atoms with Crippen molar-refractivity contribution in [1.29, 1.82) is 0 Å². The normalized spacial score (nSPS) is 10.9. The number of aromatic amines is 1. The van der Waals surface area contributed by atoms with Crippen molar-refractivity contribution in [3.05, 3.63) is 64.9 Å². The summed E-state index contributed by atoms with van der Waals surface area (Å²) in [6.45, 7) is 1.90. The number of benzene rings is 1. The Labute approximate surface area is 158 Å². The maximum atomic E-state index is 12.5. The van der Waals surface area contributed by atoms with Crippen molar-refractivity contribution in [2.45, 2.75) is 13.5 Å². The van der Waals surface area contributed by atoms with Crippen LogP contribution in [0, 0.1) is 0 Å². The highest BCUT2D eigenvalue weighted by molar-refractivity contribution is 7.17. The summed E-state index contributed by atoms with van der Waals surface area (Å²) in [5.41, 5.74) is 2.88. The van der Waals surface area contributed by atoms with E-state index in [1.165, 1.54) is 18.3 Å². The van der Waals surface area contributed by atoms with E-state index in [9.17, 15) is 9.59 Å². The fourth-order valence-electron chi connectivity index (χ4n) is 2.65. The van der Waals surface area contributed by atoms with Gasteiger partial charge in [-0.2, -0.15) is 5.10 Å². The molecule has 2 N–H and O–H groups in total. The standard InChI is InChI=1S/C19H15N5O2S/c1-11(25)16-10-22-19(27-16)17-14-7-13(4-5-15(14)23-24-17)18(26)21-9-12-3-2-6-20-8-12/h2-8,10H,9H2,1H3,(H,21,26)(H,23,24). The van der Waals surface area contributed by atoms with Gasteiger partial charge in [0.2, 0.25) is 0 Å². The van der Waals surface area contributed by atoms with Gasteiger partial charge in [-0.3, -0.25) is 19.7 Å². The van der Waals surface area contributed by atoms with Crippen LogP contribution in [0.15, 0.2) is 48.9 Å². The van der Waals surface area contributed by atoms with Crippen molar-refractivity contribution >= 4 is 33.9 Å². The highest BCUT2D eigenvalue weighted by Gasteiger charge is 2.16. The van der Waals surface area contributed by atoms with E-state index in [-0.39, 0.29) is 11.7 Å². The lowest BCUT2D eigenvalue weighted by Crippen LogP contribution is -2.22. The lowest BCUT2D eigenvalue weighted by atomic mass is 10.1. The minimum Gasteiger partial charge on any atom is -0.348 e. The second-order valence-electron chi connectivity index (χ2n) is 5.96. The van der Waals surface area contributed by atoms with E-state index in [0.717, 1.165) is 16.5 Å². The summed E-state index contributed by atoms with van der Waals surface area (Å²) < 4.78 is 0. The largest absolute Gasteiger partial charge is 0.348 e. The summed E-state index contributed by atoms with van der Waals surface area (Å²) >= 11 is 1.28. The van der Waals surface area contributed by atoms with Gasteiger partial charge < -0.3 is 5.32 Å². The highest BCUT2D eigenvalue weighted by atomic mass is 32.1. The van der Waals surface area contributed by atoms with Gasteiger partial charge in [-0.25, -0.2) is 4.98 Å². The van der Waals surface area contributed by atoms with Gasteiger partial charge in [-0.05, 0) is 29.8 Å². The summed E-state index contributed by atoms with van der Waals surface area (Å²) in [5, 5.41) is 11.6. The number of ketones is 1. The predicted molar refractivity (Wildman–Crippen MR) is 103 cm³/mol. The molecule has 0 saturated carbocycles. The molecule has 8 heteroatoms. The molecule has 4 rings (SSSR count). The van der Waals surface area contributed by atoms with Crippen LogP contribution >= 0.6 is 11.3 Å². The number of rotatable bonds is 5. The number of hydrogen-bond acceptors (Lipinski definition) is 6. The SMILES string of the molecule is CC(=O)c1cnc(-c2n[nH]c3ccc(C(=O)NCc4cccnc4)cc23)s1. The molecular weight excluding hydrogens is 362 g/mol. The third kappa shape index (κ3) is 3.47. The molecule has 0 aliphatic carbocycles. The summed E-state index contributed by atoms with van der Waals surface area (Å²) in [6.07, 6.45) is 4.95. The Morgan fingerprint density at radius 3 is 2.85 bits per heavy atom. The first-order valence-corrected chi connectivity index (χ1v) is 9.06. The van der Waals surface area contributed by atoms with Crippen molar-refractivity contribution < 1.29 is 9.59 Å². The molecule has 7 nitrogen and oxygen atoms in total. The Kier molecular flexibility index (Phi) is 4.47. The molecule has 4 aromatic rings.